The molecule has 3 atom stereocenters. The average Bonchev–Trinajstić information content (AvgIpc) is 3.01. The van der Waals surface area contributed by atoms with E-state index in [-0.39, 0.29) is 11.9 Å². The molecular weight excluding hydrogens is 278 g/mol. The first kappa shape index (κ1) is 13.5. The summed E-state index contributed by atoms with van der Waals surface area (Å²) in [5.74, 6) is -0.780. The average molecular weight is 295 g/mol. The third-order valence-electron chi connectivity index (χ3n) is 4.45. The van der Waals surface area contributed by atoms with E-state index in [0.29, 0.717) is 22.9 Å². The van der Waals surface area contributed by atoms with Crippen molar-refractivity contribution in [3.63, 3.8) is 0 Å². The molecule has 0 bridgehead atoms. The van der Waals surface area contributed by atoms with Crippen LogP contribution in [0.15, 0.2) is 0 Å². The highest BCUT2D eigenvalue weighted by atomic mass is 32.1. The van der Waals surface area contributed by atoms with Crippen molar-refractivity contribution in [3.05, 3.63) is 10.6 Å². The topological polar surface area (TPSA) is 83.4 Å². The highest BCUT2D eigenvalue weighted by Gasteiger charge is 2.48. The molecular formula is C13H17N3O3S. The minimum Gasteiger partial charge on any atom is -0.480 e. The van der Waals surface area contributed by atoms with Gasteiger partial charge in [-0.3, -0.25) is 4.79 Å². The molecule has 1 aliphatic carbocycles. The predicted molar refractivity (Wildman–Crippen MR) is 72.6 cm³/mol. The number of aliphatic carboxylic acids is 1. The second-order valence-electron chi connectivity index (χ2n) is 5.60. The Morgan fingerprint density at radius 1 is 1.35 bits per heavy atom. The number of hydrogen-bond donors (Lipinski definition) is 1. The van der Waals surface area contributed by atoms with Crippen LogP contribution in [0.2, 0.25) is 0 Å². The number of likely N-dealkylation sites (tertiary alicyclic amines) is 1. The molecule has 1 aromatic heterocycles. The number of rotatable bonds is 2. The predicted octanol–water partition coefficient (Wildman–Crippen LogP) is 1.70. The Bertz CT molecular complexity index is 545. The first-order valence-electron chi connectivity index (χ1n) is 6.94. The Hall–Kier alpha value is -1.50. The molecule has 1 saturated heterocycles. The van der Waals surface area contributed by atoms with Crippen LogP contribution in [0.1, 0.15) is 47.5 Å². The quantitative estimate of drug-likeness (QED) is 0.898. The third kappa shape index (κ3) is 2.09. The molecule has 108 valence electrons. The van der Waals surface area contributed by atoms with E-state index in [0.717, 1.165) is 37.2 Å². The lowest BCUT2D eigenvalue weighted by atomic mass is 9.85. The molecule has 6 nitrogen and oxygen atoms in total. The molecule has 0 radical (unpaired) electrons. The molecule has 2 aliphatic rings. The van der Waals surface area contributed by atoms with Crippen LogP contribution < -0.4 is 0 Å². The minimum atomic E-state index is -0.900. The van der Waals surface area contributed by atoms with E-state index in [9.17, 15) is 14.7 Å². The van der Waals surface area contributed by atoms with Crippen LogP contribution in [0.5, 0.6) is 0 Å². The molecule has 2 fully saturated rings. The standard InChI is InChI=1S/C13H17N3O3S/c1-7-11(20-15-14-7)12(17)16-9-5-3-2-4-8(9)6-10(16)13(18)19/h8-10H,2-6H2,1H3,(H,18,19)/t8-,9-,10+/m1/s1. The zero-order valence-corrected chi connectivity index (χ0v) is 12.1. The molecule has 0 unspecified atom stereocenters. The van der Waals surface area contributed by atoms with Crippen molar-refractivity contribution in [2.45, 2.75) is 51.1 Å². The van der Waals surface area contributed by atoms with Crippen LogP contribution in [0.3, 0.4) is 0 Å². The van der Waals surface area contributed by atoms with Crippen molar-refractivity contribution in [3.8, 4) is 0 Å². The lowest BCUT2D eigenvalue weighted by Gasteiger charge is -2.32. The maximum atomic E-state index is 12.7. The molecule has 2 heterocycles. The van der Waals surface area contributed by atoms with Crippen LogP contribution >= 0.6 is 11.5 Å². The number of nitrogens with zero attached hydrogens (tertiary/aromatic N) is 3. The van der Waals surface area contributed by atoms with Gasteiger partial charge in [0.15, 0.2) is 0 Å². The molecule has 1 aliphatic heterocycles. The van der Waals surface area contributed by atoms with Crippen molar-refractivity contribution < 1.29 is 14.7 Å². The summed E-state index contributed by atoms with van der Waals surface area (Å²) in [6.45, 7) is 1.74. The summed E-state index contributed by atoms with van der Waals surface area (Å²) in [5, 5.41) is 13.3. The van der Waals surface area contributed by atoms with Gasteiger partial charge in [0.1, 0.15) is 10.9 Å². The van der Waals surface area contributed by atoms with Gasteiger partial charge in [-0.2, -0.15) is 0 Å². The number of carbonyl (C=O) groups is 2. The first-order chi connectivity index (χ1) is 9.59. The number of amides is 1. The molecule has 0 spiro atoms. The Kier molecular flexibility index (Phi) is 3.45. The number of carboxylic acids is 1. The van der Waals surface area contributed by atoms with E-state index in [1.54, 1.807) is 11.8 Å². The first-order valence-corrected chi connectivity index (χ1v) is 7.71. The summed E-state index contributed by atoms with van der Waals surface area (Å²) in [6.07, 6.45) is 4.72. The van der Waals surface area contributed by atoms with E-state index in [4.69, 9.17) is 0 Å². The van der Waals surface area contributed by atoms with Crippen LogP contribution in [0.4, 0.5) is 0 Å². The number of aryl methyl sites for hydroxylation is 1. The number of aromatic nitrogens is 2. The zero-order chi connectivity index (χ0) is 14.3. The van der Waals surface area contributed by atoms with Crippen molar-refractivity contribution in [2.24, 2.45) is 5.92 Å². The van der Waals surface area contributed by atoms with Gasteiger partial charge in [0, 0.05) is 6.04 Å². The summed E-state index contributed by atoms with van der Waals surface area (Å²) in [7, 11) is 0. The van der Waals surface area contributed by atoms with E-state index >= 15 is 0 Å². The number of carbonyl (C=O) groups excluding carboxylic acids is 1. The van der Waals surface area contributed by atoms with Gasteiger partial charge >= 0.3 is 5.97 Å². The largest absolute Gasteiger partial charge is 0.480 e. The fraction of sp³-hybridized carbons (Fsp3) is 0.692. The highest BCUT2D eigenvalue weighted by molar-refractivity contribution is 7.08. The van der Waals surface area contributed by atoms with Crippen LogP contribution in [0.25, 0.3) is 0 Å². The van der Waals surface area contributed by atoms with Crippen molar-refractivity contribution >= 4 is 23.4 Å². The number of fused-ring (bicyclic) bond motifs is 1. The summed E-state index contributed by atoms with van der Waals surface area (Å²) >= 11 is 1.05. The zero-order valence-electron chi connectivity index (χ0n) is 11.3. The van der Waals surface area contributed by atoms with Crippen molar-refractivity contribution in [1.29, 1.82) is 0 Å². The van der Waals surface area contributed by atoms with Gasteiger partial charge in [0.05, 0.1) is 5.69 Å². The Balaban J connectivity index is 1.93. The van der Waals surface area contributed by atoms with Gasteiger partial charge in [0.25, 0.3) is 5.91 Å². The summed E-state index contributed by atoms with van der Waals surface area (Å²) in [4.78, 5) is 26.3. The monoisotopic (exact) mass is 295 g/mol. The van der Waals surface area contributed by atoms with Crippen LogP contribution in [-0.4, -0.2) is 43.6 Å². The van der Waals surface area contributed by atoms with Gasteiger partial charge in [0.2, 0.25) is 0 Å². The fourth-order valence-corrected chi connectivity index (χ4v) is 4.12. The SMILES string of the molecule is Cc1nnsc1C(=O)N1[C@@H]2CCCC[C@@H]2C[C@H]1C(=O)O. The third-order valence-corrected chi connectivity index (χ3v) is 5.27. The van der Waals surface area contributed by atoms with Crippen LogP contribution in [-0.2, 0) is 4.79 Å². The molecule has 20 heavy (non-hydrogen) atoms. The normalized spacial score (nSPS) is 29.2. The van der Waals surface area contributed by atoms with Gasteiger partial charge < -0.3 is 10.0 Å². The maximum absolute atomic E-state index is 12.7. The molecule has 1 aromatic rings. The second kappa shape index (κ2) is 5.12. The minimum absolute atomic E-state index is 0.0684. The Labute approximate surface area is 121 Å². The summed E-state index contributed by atoms with van der Waals surface area (Å²) in [5.41, 5.74) is 0.586. The fourth-order valence-electron chi connectivity index (χ4n) is 3.52. The van der Waals surface area contributed by atoms with E-state index in [1.807, 2.05) is 0 Å². The second-order valence-corrected chi connectivity index (χ2v) is 6.36. The van der Waals surface area contributed by atoms with Crippen LogP contribution in [0, 0.1) is 12.8 Å². The van der Waals surface area contributed by atoms with Crippen molar-refractivity contribution in [1.82, 2.24) is 14.5 Å². The van der Waals surface area contributed by atoms with E-state index in [2.05, 4.69) is 9.59 Å². The molecule has 0 aromatic carbocycles. The molecule has 7 heteroatoms. The summed E-state index contributed by atoms with van der Waals surface area (Å²) < 4.78 is 3.78. The highest BCUT2D eigenvalue weighted by Crippen LogP contribution is 2.40. The molecule has 1 saturated carbocycles. The van der Waals surface area contributed by atoms with E-state index < -0.39 is 12.0 Å². The molecule has 1 amide bonds. The van der Waals surface area contributed by atoms with Crippen molar-refractivity contribution in [2.75, 3.05) is 0 Å². The summed E-state index contributed by atoms with van der Waals surface area (Å²) in [6, 6.07) is -0.629. The Morgan fingerprint density at radius 2 is 2.10 bits per heavy atom. The van der Waals surface area contributed by atoms with Gasteiger partial charge in [-0.05, 0) is 43.6 Å². The molecule has 1 N–H and O–H groups in total. The van der Waals surface area contributed by atoms with Gasteiger partial charge in [-0.25, -0.2) is 4.79 Å². The lowest BCUT2D eigenvalue weighted by Crippen LogP contribution is -2.46. The van der Waals surface area contributed by atoms with Gasteiger partial charge in [-0.1, -0.05) is 17.3 Å². The number of carboxylic acid groups (broad SMARTS) is 1. The maximum Gasteiger partial charge on any atom is 0.326 e. The van der Waals surface area contributed by atoms with E-state index in [1.165, 1.54) is 0 Å². The smallest absolute Gasteiger partial charge is 0.326 e. The van der Waals surface area contributed by atoms with Gasteiger partial charge in [-0.15, -0.1) is 5.10 Å². The number of hydrogen-bond acceptors (Lipinski definition) is 5. The molecule has 3 rings (SSSR count). The Morgan fingerprint density at radius 3 is 2.75 bits per heavy atom. The lowest BCUT2D eigenvalue weighted by molar-refractivity contribution is -0.141.